The number of anilines is 1. The molecule has 4 nitrogen and oxygen atoms in total. The SMILES string of the molecule is CC(C)(O)CN1CCN(c2ccc(CN)cc2F)CC1. The summed E-state index contributed by atoms with van der Waals surface area (Å²) >= 11 is 0. The minimum absolute atomic E-state index is 0.205. The first-order valence-electron chi connectivity index (χ1n) is 7.07. The van der Waals surface area contributed by atoms with Gasteiger partial charge < -0.3 is 15.7 Å². The van der Waals surface area contributed by atoms with Crippen molar-refractivity contribution in [2.24, 2.45) is 5.73 Å². The highest BCUT2D eigenvalue weighted by atomic mass is 19.1. The van der Waals surface area contributed by atoms with E-state index >= 15 is 0 Å². The van der Waals surface area contributed by atoms with Crippen molar-refractivity contribution >= 4 is 5.69 Å². The highest BCUT2D eigenvalue weighted by Gasteiger charge is 2.23. The van der Waals surface area contributed by atoms with Crippen LogP contribution in [-0.2, 0) is 6.54 Å². The summed E-state index contributed by atoms with van der Waals surface area (Å²) in [6, 6.07) is 5.20. The number of piperazine rings is 1. The zero-order chi connectivity index (χ0) is 14.8. The van der Waals surface area contributed by atoms with E-state index in [9.17, 15) is 9.50 Å². The average Bonchev–Trinajstić information content (AvgIpc) is 2.38. The summed E-state index contributed by atoms with van der Waals surface area (Å²) in [7, 11) is 0. The molecule has 0 aromatic heterocycles. The fourth-order valence-corrected chi connectivity index (χ4v) is 2.63. The minimum Gasteiger partial charge on any atom is -0.389 e. The Morgan fingerprint density at radius 1 is 1.25 bits per heavy atom. The van der Waals surface area contributed by atoms with Crippen molar-refractivity contribution in [3.8, 4) is 0 Å². The first kappa shape index (κ1) is 15.2. The number of aliphatic hydroxyl groups is 1. The van der Waals surface area contributed by atoms with E-state index in [1.807, 2.05) is 26.0 Å². The number of nitrogens with zero attached hydrogens (tertiary/aromatic N) is 2. The molecule has 5 heteroatoms. The van der Waals surface area contributed by atoms with Gasteiger partial charge in [-0.3, -0.25) is 4.90 Å². The molecule has 0 atom stereocenters. The first-order chi connectivity index (χ1) is 9.39. The molecule has 1 aromatic rings. The van der Waals surface area contributed by atoms with Crippen LogP contribution in [0.4, 0.5) is 10.1 Å². The fraction of sp³-hybridized carbons (Fsp3) is 0.600. The highest BCUT2D eigenvalue weighted by Crippen LogP contribution is 2.22. The Morgan fingerprint density at radius 2 is 1.90 bits per heavy atom. The summed E-state index contributed by atoms with van der Waals surface area (Å²) in [6.45, 7) is 7.84. The van der Waals surface area contributed by atoms with E-state index in [2.05, 4.69) is 9.80 Å². The Kier molecular flexibility index (Phi) is 4.62. The highest BCUT2D eigenvalue weighted by molar-refractivity contribution is 5.49. The lowest BCUT2D eigenvalue weighted by atomic mass is 10.1. The summed E-state index contributed by atoms with van der Waals surface area (Å²) in [5.74, 6) is -0.205. The summed E-state index contributed by atoms with van der Waals surface area (Å²) in [5.41, 5.74) is 6.28. The smallest absolute Gasteiger partial charge is 0.146 e. The van der Waals surface area contributed by atoms with Crippen molar-refractivity contribution in [1.29, 1.82) is 0 Å². The van der Waals surface area contributed by atoms with Crippen LogP contribution in [0, 0.1) is 5.82 Å². The lowest BCUT2D eigenvalue weighted by molar-refractivity contribution is 0.0344. The molecule has 1 fully saturated rings. The van der Waals surface area contributed by atoms with Crippen molar-refractivity contribution in [1.82, 2.24) is 4.90 Å². The normalized spacial score (nSPS) is 17.6. The molecule has 1 saturated heterocycles. The van der Waals surface area contributed by atoms with E-state index in [0.29, 0.717) is 18.8 Å². The molecule has 0 unspecified atom stereocenters. The fourth-order valence-electron chi connectivity index (χ4n) is 2.63. The third kappa shape index (κ3) is 3.91. The lowest BCUT2D eigenvalue weighted by Gasteiger charge is -2.38. The average molecular weight is 281 g/mol. The van der Waals surface area contributed by atoms with Gasteiger partial charge in [-0.2, -0.15) is 0 Å². The molecule has 1 heterocycles. The van der Waals surface area contributed by atoms with Gasteiger partial charge in [-0.05, 0) is 31.5 Å². The van der Waals surface area contributed by atoms with E-state index < -0.39 is 5.60 Å². The molecule has 3 N–H and O–H groups in total. The monoisotopic (exact) mass is 281 g/mol. The Balaban J connectivity index is 1.97. The van der Waals surface area contributed by atoms with Gasteiger partial charge in [0.25, 0.3) is 0 Å². The number of hydrogen-bond donors (Lipinski definition) is 2. The van der Waals surface area contributed by atoms with Crippen molar-refractivity contribution in [2.75, 3.05) is 37.6 Å². The number of β-amino-alcohol motifs (C(OH)–C–C–N with tert-alkyl or cyclic N) is 1. The van der Waals surface area contributed by atoms with Gasteiger partial charge in [-0.15, -0.1) is 0 Å². The van der Waals surface area contributed by atoms with Gasteiger partial charge in [0.05, 0.1) is 11.3 Å². The minimum atomic E-state index is -0.684. The Morgan fingerprint density at radius 3 is 2.40 bits per heavy atom. The maximum absolute atomic E-state index is 14.0. The first-order valence-corrected chi connectivity index (χ1v) is 7.07. The molecule has 1 aliphatic rings. The van der Waals surface area contributed by atoms with Crippen molar-refractivity contribution < 1.29 is 9.50 Å². The third-order valence-electron chi connectivity index (χ3n) is 3.57. The van der Waals surface area contributed by atoms with Gasteiger partial charge in [-0.25, -0.2) is 4.39 Å². The van der Waals surface area contributed by atoms with Crippen LogP contribution in [0.2, 0.25) is 0 Å². The van der Waals surface area contributed by atoms with Crippen molar-refractivity contribution in [2.45, 2.75) is 26.0 Å². The van der Waals surface area contributed by atoms with Crippen LogP contribution >= 0.6 is 0 Å². The second-order valence-corrected chi connectivity index (χ2v) is 6.07. The Labute approximate surface area is 120 Å². The Bertz CT molecular complexity index is 451. The predicted molar refractivity (Wildman–Crippen MR) is 79.2 cm³/mol. The third-order valence-corrected chi connectivity index (χ3v) is 3.57. The molecule has 1 aliphatic heterocycles. The molecule has 0 amide bonds. The summed E-state index contributed by atoms with van der Waals surface area (Å²) in [4.78, 5) is 4.26. The maximum atomic E-state index is 14.0. The van der Waals surface area contributed by atoms with E-state index in [4.69, 9.17) is 5.73 Å². The molecule has 0 saturated carbocycles. The summed E-state index contributed by atoms with van der Waals surface area (Å²) in [5, 5.41) is 9.83. The summed E-state index contributed by atoms with van der Waals surface area (Å²) < 4.78 is 14.0. The number of hydrogen-bond acceptors (Lipinski definition) is 4. The molecule has 0 aliphatic carbocycles. The number of nitrogens with two attached hydrogens (primary N) is 1. The zero-order valence-corrected chi connectivity index (χ0v) is 12.3. The molecule has 2 rings (SSSR count). The van der Waals surface area contributed by atoms with Crippen LogP contribution in [0.1, 0.15) is 19.4 Å². The topological polar surface area (TPSA) is 52.7 Å². The molecular weight excluding hydrogens is 257 g/mol. The predicted octanol–water partition coefficient (Wildman–Crippen LogP) is 1.18. The van der Waals surface area contributed by atoms with Gasteiger partial charge in [0, 0.05) is 39.3 Å². The second kappa shape index (κ2) is 6.08. The second-order valence-electron chi connectivity index (χ2n) is 6.07. The van der Waals surface area contributed by atoms with Crippen molar-refractivity contribution in [3.63, 3.8) is 0 Å². The number of benzene rings is 1. The van der Waals surface area contributed by atoms with Crippen LogP contribution < -0.4 is 10.6 Å². The van der Waals surface area contributed by atoms with Crippen LogP contribution in [0.5, 0.6) is 0 Å². The van der Waals surface area contributed by atoms with E-state index in [0.717, 1.165) is 31.7 Å². The largest absolute Gasteiger partial charge is 0.389 e. The van der Waals surface area contributed by atoms with E-state index in [-0.39, 0.29) is 5.82 Å². The van der Waals surface area contributed by atoms with Gasteiger partial charge in [-0.1, -0.05) is 6.07 Å². The van der Waals surface area contributed by atoms with Crippen molar-refractivity contribution in [3.05, 3.63) is 29.6 Å². The van der Waals surface area contributed by atoms with E-state index in [1.54, 1.807) is 0 Å². The van der Waals surface area contributed by atoms with Crippen LogP contribution in [0.3, 0.4) is 0 Å². The van der Waals surface area contributed by atoms with Gasteiger partial charge in [0.2, 0.25) is 0 Å². The molecule has 112 valence electrons. The molecule has 0 bridgehead atoms. The van der Waals surface area contributed by atoms with Gasteiger partial charge >= 0.3 is 0 Å². The number of halogens is 1. The molecule has 20 heavy (non-hydrogen) atoms. The summed E-state index contributed by atoms with van der Waals surface area (Å²) in [6.07, 6.45) is 0. The quantitative estimate of drug-likeness (QED) is 0.870. The van der Waals surface area contributed by atoms with Gasteiger partial charge in [0.15, 0.2) is 0 Å². The molecule has 1 aromatic carbocycles. The lowest BCUT2D eigenvalue weighted by Crippen LogP contribution is -2.50. The maximum Gasteiger partial charge on any atom is 0.146 e. The standard InChI is InChI=1S/C15H24FN3O/c1-15(2,20)11-18-5-7-19(8-6-18)14-4-3-12(10-17)9-13(14)16/h3-4,9,20H,5-8,10-11,17H2,1-2H3. The molecule has 0 spiro atoms. The van der Waals surface area contributed by atoms with Crippen LogP contribution in [0.15, 0.2) is 18.2 Å². The molecular formula is C15H24FN3O. The van der Waals surface area contributed by atoms with Crippen LogP contribution in [-0.4, -0.2) is 48.3 Å². The zero-order valence-electron chi connectivity index (χ0n) is 12.3. The molecule has 0 radical (unpaired) electrons. The van der Waals surface area contributed by atoms with E-state index in [1.165, 1.54) is 6.07 Å². The number of rotatable bonds is 4. The van der Waals surface area contributed by atoms with Gasteiger partial charge in [0.1, 0.15) is 5.82 Å². The Hall–Kier alpha value is -1.17. The van der Waals surface area contributed by atoms with Crippen LogP contribution in [0.25, 0.3) is 0 Å².